The number of non-ortho nitro benzene ring substituents is 1. The van der Waals surface area contributed by atoms with Gasteiger partial charge < -0.3 is 10.2 Å². The second kappa shape index (κ2) is 7.04. The molecule has 0 amide bonds. The van der Waals surface area contributed by atoms with Crippen molar-refractivity contribution in [2.24, 2.45) is 0 Å². The Kier molecular flexibility index (Phi) is 5.12. The number of likely N-dealkylation sites (N-methyl/N-ethyl adjacent to an activating group) is 1. The normalized spacial score (nSPS) is 15.1. The average molecular weight is 288 g/mol. The van der Waals surface area contributed by atoms with E-state index in [1.165, 1.54) is 37.8 Å². The molecule has 0 aliphatic heterocycles. The summed E-state index contributed by atoms with van der Waals surface area (Å²) >= 11 is 0. The summed E-state index contributed by atoms with van der Waals surface area (Å²) in [6.07, 6.45) is 5.14. The number of nitrogens with one attached hydrogen (secondary N) is 1. The summed E-state index contributed by atoms with van der Waals surface area (Å²) in [7, 11) is 2.12. The zero-order chi connectivity index (χ0) is 15.2. The van der Waals surface area contributed by atoms with Gasteiger partial charge in [0.2, 0.25) is 0 Å². The second-order valence-corrected chi connectivity index (χ2v) is 5.44. The van der Waals surface area contributed by atoms with Gasteiger partial charge >= 0.3 is 0 Å². The van der Waals surface area contributed by atoms with Crippen molar-refractivity contribution in [3.05, 3.63) is 33.9 Å². The van der Waals surface area contributed by atoms with E-state index in [0.717, 1.165) is 13.1 Å². The SMILES string of the molecule is CN(CCNc1ccc([N+](=O)[O-])cc1C#N)C1CCCC1. The Morgan fingerprint density at radius 2 is 2.19 bits per heavy atom. The van der Waals surface area contributed by atoms with Gasteiger partial charge in [0, 0.05) is 31.3 Å². The summed E-state index contributed by atoms with van der Waals surface area (Å²) in [4.78, 5) is 12.6. The van der Waals surface area contributed by atoms with Gasteiger partial charge in [-0.05, 0) is 26.0 Å². The molecular weight excluding hydrogens is 268 g/mol. The standard InChI is InChI=1S/C15H20N4O2/c1-18(13-4-2-3-5-13)9-8-17-15-7-6-14(19(20)21)10-12(15)11-16/h6-7,10,13,17H,2-5,8-9H2,1H3. The van der Waals surface area contributed by atoms with Gasteiger partial charge in [0.1, 0.15) is 6.07 Å². The topological polar surface area (TPSA) is 82.2 Å². The minimum absolute atomic E-state index is 0.0554. The molecule has 112 valence electrons. The lowest BCUT2D eigenvalue weighted by atomic mass is 10.1. The fourth-order valence-electron chi connectivity index (χ4n) is 2.79. The number of nitro benzene ring substituents is 1. The highest BCUT2D eigenvalue weighted by Crippen LogP contribution is 2.23. The van der Waals surface area contributed by atoms with Crippen molar-refractivity contribution in [3.63, 3.8) is 0 Å². The van der Waals surface area contributed by atoms with E-state index in [2.05, 4.69) is 17.3 Å². The Balaban J connectivity index is 1.90. The smallest absolute Gasteiger partial charge is 0.270 e. The van der Waals surface area contributed by atoms with E-state index in [4.69, 9.17) is 5.26 Å². The first kappa shape index (κ1) is 15.3. The first-order valence-corrected chi connectivity index (χ1v) is 7.24. The third-order valence-electron chi connectivity index (χ3n) is 4.06. The molecule has 0 heterocycles. The van der Waals surface area contributed by atoms with Crippen molar-refractivity contribution in [2.45, 2.75) is 31.7 Å². The van der Waals surface area contributed by atoms with Crippen LogP contribution in [0.4, 0.5) is 11.4 Å². The molecule has 1 aliphatic carbocycles. The average Bonchev–Trinajstić information content (AvgIpc) is 3.01. The van der Waals surface area contributed by atoms with Crippen LogP contribution in [0.1, 0.15) is 31.2 Å². The molecule has 6 heteroatoms. The van der Waals surface area contributed by atoms with Crippen LogP contribution in [0.3, 0.4) is 0 Å². The van der Waals surface area contributed by atoms with Gasteiger partial charge in [-0.2, -0.15) is 5.26 Å². The number of nitro groups is 1. The summed E-state index contributed by atoms with van der Waals surface area (Å²) in [5.74, 6) is 0. The molecule has 6 nitrogen and oxygen atoms in total. The van der Waals surface area contributed by atoms with Crippen LogP contribution in [0, 0.1) is 21.4 Å². The molecule has 1 aromatic carbocycles. The minimum atomic E-state index is -0.488. The van der Waals surface area contributed by atoms with Crippen LogP contribution in [0.15, 0.2) is 18.2 Å². The Morgan fingerprint density at radius 1 is 1.48 bits per heavy atom. The molecule has 0 unspecified atom stereocenters. The third-order valence-corrected chi connectivity index (χ3v) is 4.06. The molecule has 0 atom stereocenters. The molecule has 0 radical (unpaired) electrons. The van der Waals surface area contributed by atoms with Gasteiger partial charge in [0.05, 0.1) is 16.2 Å². The number of hydrogen-bond acceptors (Lipinski definition) is 5. The predicted molar refractivity (Wildman–Crippen MR) is 81.2 cm³/mol. The third kappa shape index (κ3) is 3.92. The maximum absolute atomic E-state index is 10.7. The zero-order valence-corrected chi connectivity index (χ0v) is 12.2. The molecule has 0 spiro atoms. The molecule has 2 rings (SSSR count). The fraction of sp³-hybridized carbons (Fsp3) is 0.533. The summed E-state index contributed by atoms with van der Waals surface area (Å²) in [6.45, 7) is 1.62. The number of nitriles is 1. The van der Waals surface area contributed by atoms with Crippen LogP contribution >= 0.6 is 0 Å². The molecule has 1 N–H and O–H groups in total. The molecule has 1 aromatic rings. The summed E-state index contributed by atoms with van der Waals surface area (Å²) in [6, 6.07) is 7.00. The van der Waals surface area contributed by atoms with Gasteiger partial charge in [0.25, 0.3) is 5.69 Å². The molecule has 0 bridgehead atoms. The van der Waals surface area contributed by atoms with E-state index in [-0.39, 0.29) is 5.69 Å². The highest BCUT2D eigenvalue weighted by Gasteiger charge is 2.19. The second-order valence-electron chi connectivity index (χ2n) is 5.44. The van der Waals surface area contributed by atoms with Crippen molar-refractivity contribution in [1.82, 2.24) is 4.90 Å². The lowest BCUT2D eigenvalue weighted by molar-refractivity contribution is -0.384. The number of nitrogens with zero attached hydrogens (tertiary/aromatic N) is 3. The van der Waals surface area contributed by atoms with Gasteiger partial charge in [-0.3, -0.25) is 10.1 Å². The summed E-state index contributed by atoms with van der Waals surface area (Å²) in [5.41, 5.74) is 0.913. The highest BCUT2D eigenvalue weighted by atomic mass is 16.6. The Hall–Kier alpha value is -2.13. The van der Waals surface area contributed by atoms with E-state index >= 15 is 0 Å². The Labute approximate surface area is 124 Å². The van der Waals surface area contributed by atoms with Crippen molar-refractivity contribution < 1.29 is 4.92 Å². The molecule has 1 aliphatic rings. The zero-order valence-electron chi connectivity index (χ0n) is 12.2. The fourth-order valence-corrected chi connectivity index (χ4v) is 2.79. The monoisotopic (exact) mass is 288 g/mol. The van der Waals surface area contributed by atoms with E-state index in [1.54, 1.807) is 6.07 Å². The lowest BCUT2D eigenvalue weighted by Gasteiger charge is -2.24. The first-order chi connectivity index (χ1) is 10.1. The highest BCUT2D eigenvalue weighted by molar-refractivity contribution is 5.61. The summed E-state index contributed by atoms with van der Waals surface area (Å²) < 4.78 is 0. The van der Waals surface area contributed by atoms with Crippen LogP contribution in [-0.4, -0.2) is 36.0 Å². The van der Waals surface area contributed by atoms with Gasteiger partial charge in [-0.15, -0.1) is 0 Å². The number of hydrogen-bond donors (Lipinski definition) is 1. The van der Waals surface area contributed by atoms with E-state index in [0.29, 0.717) is 17.3 Å². The number of benzene rings is 1. The molecule has 0 saturated heterocycles. The van der Waals surface area contributed by atoms with E-state index < -0.39 is 4.92 Å². The minimum Gasteiger partial charge on any atom is -0.383 e. The molecule has 21 heavy (non-hydrogen) atoms. The maximum Gasteiger partial charge on any atom is 0.270 e. The van der Waals surface area contributed by atoms with Crippen LogP contribution in [0.25, 0.3) is 0 Å². The van der Waals surface area contributed by atoms with Crippen LogP contribution in [0.5, 0.6) is 0 Å². The molecule has 1 fully saturated rings. The van der Waals surface area contributed by atoms with E-state index in [9.17, 15) is 10.1 Å². The van der Waals surface area contributed by atoms with Crippen molar-refractivity contribution in [2.75, 3.05) is 25.5 Å². The van der Waals surface area contributed by atoms with Crippen molar-refractivity contribution in [3.8, 4) is 6.07 Å². The van der Waals surface area contributed by atoms with E-state index in [1.807, 2.05) is 6.07 Å². The van der Waals surface area contributed by atoms with Crippen molar-refractivity contribution in [1.29, 1.82) is 5.26 Å². The van der Waals surface area contributed by atoms with Crippen LogP contribution in [-0.2, 0) is 0 Å². The quantitative estimate of drug-likeness (QED) is 0.643. The molecular formula is C15H20N4O2. The van der Waals surface area contributed by atoms with Crippen LogP contribution in [0.2, 0.25) is 0 Å². The number of anilines is 1. The van der Waals surface area contributed by atoms with Crippen LogP contribution < -0.4 is 5.32 Å². The Bertz CT molecular complexity index is 547. The van der Waals surface area contributed by atoms with Gasteiger partial charge in [-0.1, -0.05) is 12.8 Å². The maximum atomic E-state index is 10.7. The van der Waals surface area contributed by atoms with Crippen molar-refractivity contribution >= 4 is 11.4 Å². The lowest BCUT2D eigenvalue weighted by Crippen LogP contribution is -2.33. The summed E-state index contributed by atoms with van der Waals surface area (Å²) in [5, 5.41) is 23.0. The number of rotatable bonds is 6. The molecule has 0 aromatic heterocycles. The predicted octanol–water partition coefficient (Wildman–Crippen LogP) is 2.75. The Morgan fingerprint density at radius 3 is 2.81 bits per heavy atom. The first-order valence-electron chi connectivity index (χ1n) is 7.24. The molecule has 1 saturated carbocycles. The van der Waals surface area contributed by atoms with Gasteiger partial charge in [0.15, 0.2) is 0 Å². The van der Waals surface area contributed by atoms with Gasteiger partial charge in [-0.25, -0.2) is 0 Å². The largest absolute Gasteiger partial charge is 0.383 e.